The van der Waals surface area contributed by atoms with E-state index in [2.05, 4.69) is 4.74 Å². The molecule has 1 aromatic rings. The third-order valence-electron chi connectivity index (χ3n) is 2.65. The zero-order valence-corrected chi connectivity index (χ0v) is 9.87. The van der Waals surface area contributed by atoms with Gasteiger partial charge in [0.05, 0.1) is 6.61 Å². The van der Waals surface area contributed by atoms with Gasteiger partial charge in [0.25, 0.3) is 5.60 Å². The maximum Gasteiger partial charge on any atom is 0.426 e. The van der Waals surface area contributed by atoms with E-state index in [4.69, 9.17) is 0 Å². The van der Waals surface area contributed by atoms with Crippen molar-refractivity contribution in [2.24, 2.45) is 0 Å². The summed E-state index contributed by atoms with van der Waals surface area (Å²) >= 11 is 0. The zero-order valence-electron chi connectivity index (χ0n) is 9.87. The lowest BCUT2D eigenvalue weighted by Gasteiger charge is -2.33. The largest absolute Gasteiger partial charge is 0.426 e. The van der Waals surface area contributed by atoms with Gasteiger partial charge in [0.1, 0.15) is 11.6 Å². The van der Waals surface area contributed by atoms with E-state index in [1.165, 1.54) is 0 Å². The van der Waals surface area contributed by atoms with Crippen LogP contribution >= 0.6 is 0 Å². The first-order valence-corrected chi connectivity index (χ1v) is 5.10. The molecule has 1 rings (SSSR count). The predicted molar refractivity (Wildman–Crippen MR) is 51.7 cm³/mol. The van der Waals surface area contributed by atoms with Crippen molar-refractivity contribution in [1.29, 1.82) is 0 Å². The molecule has 0 bridgehead atoms. The van der Waals surface area contributed by atoms with Gasteiger partial charge in [-0.05, 0) is 19.1 Å². The number of benzene rings is 1. The normalized spacial score (nSPS) is 13.7. The second-order valence-electron chi connectivity index (χ2n) is 4.02. The maximum absolute atomic E-state index is 13.1. The number of ether oxygens (including phenoxy) is 1. The van der Waals surface area contributed by atoms with Crippen molar-refractivity contribution in [3.63, 3.8) is 0 Å². The van der Waals surface area contributed by atoms with Crippen LogP contribution in [0.5, 0.6) is 0 Å². The summed E-state index contributed by atoms with van der Waals surface area (Å²) < 4.78 is 105. The third-order valence-corrected chi connectivity index (χ3v) is 2.65. The summed E-state index contributed by atoms with van der Waals surface area (Å²) in [4.78, 5) is 0. The standard InChI is InChI=1S/C11H8F8O/c1-9(10(14,15)16,11(17,18)19)20-5-6-7(12)3-2-4-8(6)13/h2-4H,5H2,1H3. The molecule has 0 saturated carbocycles. The Bertz CT molecular complexity index is 442. The molecular weight excluding hydrogens is 300 g/mol. The molecule has 0 aliphatic carbocycles. The van der Waals surface area contributed by atoms with Gasteiger partial charge < -0.3 is 4.74 Å². The van der Waals surface area contributed by atoms with Crippen LogP contribution in [-0.4, -0.2) is 18.0 Å². The van der Waals surface area contributed by atoms with E-state index in [1.54, 1.807) is 0 Å². The van der Waals surface area contributed by atoms with Crippen molar-refractivity contribution in [1.82, 2.24) is 0 Å². The van der Waals surface area contributed by atoms with E-state index >= 15 is 0 Å². The van der Waals surface area contributed by atoms with Crippen molar-refractivity contribution in [3.05, 3.63) is 35.4 Å². The second kappa shape index (κ2) is 5.19. The average Bonchev–Trinajstić information content (AvgIpc) is 2.24. The van der Waals surface area contributed by atoms with Crippen LogP contribution in [0.3, 0.4) is 0 Å². The Morgan fingerprint density at radius 2 is 1.30 bits per heavy atom. The smallest absolute Gasteiger partial charge is 0.353 e. The molecule has 0 amide bonds. The molecule has 0 radical (unpaired) electrons. The van der Waals surface area contributed by atoms with Crippen LogP contribution in [0.2, 0.25) is 0 Å². The van der Waals surface area contributed by atoms with Gasteiger partial charge in [0.15, 0.2) is 0 Å². The highest BCUT2D eigenvalue weighted by atomic mass is 19.4. The molecule has 0 fully saturated rings. The average molecular weight is 308 g/mol. The van der Waals surface area contributed by atoms with Gasteiger partial charge in [-0.3, -0.25) is 0 Å². The van der Waals surface area contributed by atoms with E-state index in [-0.39, 0.29) is 6.92 Å². The van der Waals surface area contributed by atoms with E-state index in [0.29, 0.717) is 12.1 Å². The lowest BCUT2D eigenvalue weighted by Crippen LogP contribution is -2.56. The van der Waals surface area contributed by atoms with Gasteiger partial charge in [0.2, 0.25) is 0 Å². The Morgan fingerprint density at radius 3 is 1.65 bits per heavy atom. The number of alkyl halides is 6. The first kappa shape index (κ1) is 16.7. The van der Waals surface area contributed by atoms with Gasteiger partial charge in [0, 0.05) is 5.56 Å². The molecule has 1 aromatic carbocycles. The molecule has 0 heterocycles. The number of hydrogen-bond acceptors (Lipinski definition) is 1. The van der Waals surface area contributed by atoms with Crippen LogP contribution in [-0.2, 0) is 11.3 Å². The Hall–Kier alpha value is -1.38. The Morgan fingerprint density at radius 1 is 0.900 bits per heavy atom. The summed E-state index contributed by atoms with van der Waals surface area (Å²) in [6, 6.07) is 2.31. The maximum atomic E-state index is 13.1. The molecular formula is C11H8F8O. The summed E-state index contributed by atoms with van der Waals surface area (Å²) in [7, 11) is 0. The molecule has 0 aliphatic rings. The van der Waals surface area contributed by atoms with Crippen LogP contribution in [0.25, 0.3) is 0 Å². The van der Waals surface area contributed by atoms with Crippen LogP contribution < -0.4 is 0 Å². The molecule has 0 aliphatic heterocycles. The fraction of sp³-hybridized carbons (Fsp3) is 0.455. The first-order valence-electron chi connectivity index (χ1n) is 5.10. The van der Waals surface area contributed by atoms with Crippen molar-refractivity contribution >= 4 is 0 Å². The molecule has 0 aromatic heterocycles. The molecule has 0 saturated heterocycles. The molecule has 0 spiro atoms. The van der Waals surface area contributed by atoms with E-state index in [1.807, 2.05) is 0 Å². The highest BCUT2D eigenvalue weighted by Crippen LogP contribution is 2.46. The minimum absolute atomic E-state index is 0.244. The first-order chi connectivity index (χ1) is 8.90. The van der Waals surface area contributed by atoms with E-state index in [0.717, 1.165) is 6.07 Å². The fourth-order valence-corrected chi connectivity index (χ4v) is 1.21. The minimum atomic E-state index is -5.78. The van der Waals surface area contributed by atoms with Crippen LogP contribution in [0.1, 0.15) is 12.5 Å². The van der Waals surface area contributed by atoms with Crippen molar-refractivity contribution in [2.45, 2.75) is 31.5 Å². The van der Waals surface area contributed by atoms with Crippen molar-refractivity contribution in [3.8, 4) is 0 Å². The van der Waals surface area contributed by atoms with E-state index < -0.39 is 41.8 Å². The summed E-state index contributed by atoms with van der Waals surface area (Å²) in [6.07, 6.45) is -11.6. The zero-order chi connectivity index (χ0) is 15.8. The lowest BCUT2D eigenvalue weighted by atomic mass is 10.1. The molecule has 114 valence electrons. The van der Waals surface area contributed by atoms with Crippen LogP contribution in [0.4, 0.5) is 35.1 Å². The lowest BCUT2D eigenvalue weighted by molar-refractivity contribution is -0.377. The van der Waals surface area contributed by atoms with Gasteiger partial charge in [-0.2, -0.15) is 26.3 Å². The van der Waals surface area contributed by atoms with Gasteiger partial charge in [-0.1, -0.05) is 6.07 Å². The van der Waals surface area contributed by atoms with Gasteiger partial charge >= 0.3 is 12.4 Å². The molecule has 9 heteroatoms. The second-order valence-corrected chi connectivity index (χ2v) is 4.02. The van der Waals surface area contributed by atoms with Crippen LogP contribution in [0, 0.1) is 11.6 Å². The summed E-state index contributed by atoms with van der Waals surface area (Å²) in [5.41, 5.74) is -5.53. The Kier molecular flexibility index (Phi) is 4.33. The van der Waals surface area contributed by atoms with E-state index in [9.17, 15) is 35.1 Å². The fourth-order valence-electron chi connectivity index (χ4n) is 1.21. The molecule has 0 N–H and O–H groups in total. The number of rotatable bonds is 3. The molecule has 0 unspecified atom stereocenters. The Labute approximate surface area is 108 Å². The SMILES string of the molecule is CC(OCc1c(F)cccc1F)(C(F)(F)F)C(F)(F)F. The number of hydrogen-bond donors (Lipinski definition) is 0. The topological polar surface area (TPSA) is 9.23 Å². The molecule has 0 atom stereocenters. The Balaban J connectivity index is 3.06. The third kappa shape index (κ3) is 3.02. The molecule has 1 nitrogen and oxygen atoms in total. The van der Waals surface area contributed by atoms with Gasteiger partial charge in [-0.25, -0.2) is 8.78 Å². The monoisotopic (exact) mass is 308 g/mol. The summed E-state index contributed by atoms with van der Waals surface area (Å²) in [5, 5.41) is 0. The highest BCUT2D eigenvalue weighted by molar-refractivity contribution is 5.19. The van der Waals surface area contributed by atoms with Crippen molar-refractivity contribution in [2.75, 3.05) is 0 Å². The summed E-state index contributed by atoms with van der Waals surface area (Å²) in [5.74, 6) is -2.59. The minimum Gasteiger partial charge on any atom is -0.353 e. The van der Waals surface area contributed by atoms with Crippen LogP contribution in [0.15, 0.2) is 18.2 Å². The quantitative estimate of drug-likeness (QED) is 0.754. The van der Waals surface area contributed by atoms with Crippen molar-refractivity contribution < 1.29 is 39.9 Å². The number of halogens is 8. The highest BCUT2D eigenvalue weighted by Gasteiger charge is 2.69. The predicted octanol–water partition coefficient (Wildman–Crippen LogP) is 4.36. The molecule has 20 heavy (non-hydrogen) atoms. The summed E-state index contributed by atoms with van der Waals surface area (Å²) in [6.45, 7) is -1.75. The van der Waals surface area contributed by atoms with Gasteiger partial charge in [-0.15, -0.1) is 0 Å².